The molecular weight excluding hydrogens is 406 g/mol. The Morgan fingerprint density at radius 2 is 1.59 bits per heavy atom. The molecule has 2 N–H and O–H groups in total. The molecule has 1 aliphatic rings. The highest BCUT2D eigenvalue weighted by atomic mass is 32.2. The van der Waals surface area contributed by atoms with Gasteiger partial charge in [-0.15, -0.1) is 0 Å². The number of allylic oxidation sites excluding steroid dienone is 1. The quantitative estimate of drug-likeness (QED) is 0.692. The van der Waals surface area contributed by atoms with Crippen LogP contribution in [-0.4, -0.2) is 18.9 Å². The van der Waals surface area contributed by atoms with E-state index in [0.29, 0.717) is 12.2 Å². The van der Waals surface area contributed by atoms with Crippen LogP contribution < -0.4 is 9.88 Å². The first-order valence-corrected chi connectivity index (χ1v) is 12.0. The third kappa shape index (κ3) is 3.89. The van der Waals surface area contributed by atoms with E-state index in [0.717, 1.165) is 32.9 Å². The number of para-hydroxylation sites is 1. The molecule has 3 aromatic carbocycles. The summed E-state index contributed by atoms with van der Waals surface area (Å²) in [6.45, 7) is 0. The van der Waals surface area contributed by atoms with Crippen LogP contribution in [0, 0.1) is 0 Å². The topological polar surface area (TPSA) is 86.5 Å². The van der Waals surface area contributed by atoms with Gasteiger partial charge in [0.25, 0.3) is 0 Å². The van der Waals surface area contributed by atoms with Gasteiger partial charge in [-0.05, 0) is 47.5 Å². The fourth-order valence-electron chi connectivity index (χ4n) is 3.41. The van der Waals surface area contributed by atoms with Gasteiger partial charge in [-0.25, -0.2) is 13.6 Å². The minimum absolute atomic E-state index is 0.0367. The number of benzene rings is 3. The highest BCUT2D eigenvalue weighted by molar-refractivity contribution is 7.89. The van der Waals surface area contributed by atoms with E-state index in [9.17, 15) is 12.6 Å². The fourth-order valence-corrected chi connectivity index (χ4v) is 4.69. The lowest BCUT2D eigenvalue weighted by Gasteiger charge is -2.25. The molecule has 0 radical (unpaired) electrons. The molecule has 0 aromatic heterocycles. The molecule has 0 spiro atoms. The molecule has 7 heteroatoms. The summed E-state index contributed by atoms with van der Waals surface area (Å²) in [5.41, 5.74) is 3.51. The lowest BCUT2D eigenvalue weighted by atomic mass is 9.92. The van der Waals surface area contributed by atoms with Crippen molar-refractivity contribution in [1.29, 1.82) is 0 Å². The summed E-state index contributed by atoms with van der Waals surface area (Å²) in [6.07, 6.45) is 2.26. The monoisotopic (exact) mass is 425 g/mol. The number of sulfonamides is 1. The van der Waals surface area contributed by atoms with Crippen LogP contribution in [0.3, 0.4) is 0 Å². The maximum absolute atomic E-state index is 12.3. The van der Waals surface area contributed by atoms with Crippen molar-refractivity contribution in [2.24, 2.45) is 5.14 Å². The van der Waals surface area contributed by atoms with Crippen molar-refractivity contribution in [3.05, 3.63) is 89.5 Å². The molecule has 0 fully saturated rings. The number of rotatable bonds is 4. The van der Waals surface area contributed by atoms with Crippen molar-refractivity contribution in [2.75, 3.05) is 6.26 Å². The highest BCUT2D eigenvalue weighted by Crippen LogP contribution is 2.40. The number of primary sulfonamides is 1. The second-order valence-electron chi connectivity index (χ2n) is 6.71. The lowest BCUT2D eigenvalue weighted by molar-refractivity contribution is 0.502. The Labute approximate surface area is 172 Å². The van der Waals surface area contributed by atoms with Crippen LogP contribution in [-0.2, 0) is 27.2 Å². The molecule has 4 rings (SSSR count). The molecule has 1 aliphatic heterocycles. The zero-order valence-electron chi connectivity index (χ0n) is 15.7. The lowest BCUT2D eigenvalue weighted by Crippen LogP contribution is -2.13. The average molecular weight is 426 g/mol. The molecule has 0 bridgehead atoms. The van der Waals surface area contributed by atoms with Crippen LogP contribution in [0.4, 0.5) is 0 Å². The molecule has 5 nitrogen and oxygen atoms in total. The summed E-state index contributed by atoms with van der Waals surface area (Å²) in [4.78, 5) is 0.763. The Balaban J connectivity index is 1.92. The van der Waals surface area contributed by atoms with E-state index >= 15 is 0 Å². The van der Waals surface area contributed by atoms with Gasteiger partial charge >= 0.3 is 0 Å². The van der Waals surface area contributed by atoms with Crippen molar-refractivity contribution >= 4 is 32.2 Å². The molecule has 3 aromatic rings. The van der Waals surface area contributed by atoms with Crippen molar-refractivity contribution in [2.45, 2.75) is 16.2 Å². The van der Waals surface area contributed by atoms with Crippen LogP contribution >= 0.6 is 0 Å². The van der Waals surface area contributed by atoms with Gasteiger partial charge in [0.1, 0.15) is 11.5 Å². The number of fused-ring (bicyclic) bond motifs is 1. The van der Waals surface area contributed by atoms with E-state index in [1.54, 1.807) is 18.4 Å². The molecule has 0 aliphatic carbocycles. The van der Waals surface area contributed by atoms with Crippen LogP contribution in [0.15, 0.2) is 82.6 Å². The third-order valence-corrected chi connectivity index (χ3v) is 6.70. The van der Waals surface area contributed by atoms with Crippen molar-refractivity contribution in [1.82, 2.24) is 0 Å². The molecule has 29 heavy (non-hydrogen) atoms. The van der Waals surface area contributed by atoms with Crippen LogP contribution in [0.25, 0.3) is 11.3 Å². The van der Waals surface area contributed by atoms with Crippen molar-refractivity contribution in [3.8, 4) is 5.75 Å². The van der Waals surface area contributed by atoms with Crippen LogP contribution in [0.1, 0.15) is 16.7 Å². The molecule has 0 saturated carbocycles. The van der Waals surface area contributed by atoms with E-state index in [2.05, 4.69) is 0 Å². The largest absolute Gasteiger partial charge is 0.456 e. The summed E-state index contributed by atoms with van der Waals surface area (Å²) in [7, 11) is -4.95. The number of nitrogens with two attached hydrogens (primary N) is 1. The number of ether oxygens (including phenoxy) is 1. The van der Waals surface area contributed by atoms with Gasteiger partial charge in [-0.2, -0.15) is 0 Å². The first-order chi connectivity index (χ1) is 13.8. The highest BCUT2D eigenvalue weighted by Gasteiger charge is 2.24. The van der Waals surface area contributed by atoms with Crippen LogP contribution in [0.5, 0.6) is 5.75 Å². The van der Waals surface area contributed by atoms with E-state index in [4.69, 9.17) is 9.88 Å². The maximum Gasteiger partial charge on any atom is 0.238 e. The number of hydrogen-bond acceptors (Lipinski definition) is 4. The molecule has 1 heterocycles. The Morgan fingerprint density at radius 3 is 2.28 bits per heavy atom. The molecule has 0 saturated heterocycles. The standard InChI is InChI=1S/C22H19NO4S2/c1-28(24)21-9-5-3-7-18(21)19-14-16-6-2-4-8-20(16)27-22(19)15-10-12-17(13-11-15)29(23,25)26/h2-13H,14H2,1H3,(H2,23,25,26). The van der Waals surface area contributed by atoms with Gasteiger partial charge in [0.05, 0.1) is 15.7 Å². The van der Waals surface area contributed by atoms with E-state index in [-0.39, 0.29) is 4.90 Å². The molecule has 0 amide bonds. The first-order valence-electron chi connectivity index (χ1n) is 8.89. The zero-order valence-corrected chi connectivity index (χ0v) is 17.3. The second-order valence-corrected chi connectivity index (χ2v) is 9.62. The summed E-state index contributed by atoms with van der Waals surface area (Å²) in [5.74, 6) is 1.36. The van der Waals surface area contributed by atoms with Gasteiger partial charge in [-0.3, -0.25) is 4.21 Å². The van der Waals surface area contributed by atoms with E-state index in [1.165, 1.54) is 12.1 Å². The van der Waals surface area contributed by atoms with Gasteiger partial charge in [0, 0.05) is 28.7 Å². The maximum atomic E-state index is 12.3. The van der Waals surface area contributed by atoms with E-state index < -0.39 is 20.8 Å². The predicted octanol–water partition coefficient (Wildman–Crippen LogP) is 3.57. The molecule has 1 unspecified atom stereocenters. The van der Waals surface area contributed by atoms with Crippen LogP contribution in [0.2, 0.25) is 0 Å². The SMILES string of the molecule is CS(=O)c1ccccc1C1=C(c2ccc(S(N)(=O)=O)cc2)Oc2ccccc2C1. The molecular formula is C22H19NO4S2. The Hall–Kier alpha value is -2.74. The zero-order chi connectivity index (χ0) is 20.6. The second kappa shape index (κ2) is 7.59. The number of hydrogen-bond donors (Lipinski definition) is 1. The summed E-state index contributed by atoms with van der Waals surface area (Å²) in [5, 5.41) is 5.22. The Morgan fingerprint density at radius 1 is 0.931 bits per heavy atom. The summed E-state index contributed by atoms with van der Waals surface area (Å²) < 4.78 is 41.7. The average Bonchev–Trinajstić information content (AvgIpc) is 2.72. The third-order valence-electron chi connectivity index (χ3n) is 4.79. The molecule has 1 atom stereocenters. The van der Waals surface area contributed by atoms with Crippen molar-refractivity contribution in [3.63, 3.8) is 0 Å². The van der Waals surface area contributed by atoms with Gasteiger partial charge in [0.15, 0.2) is 0 Å². The summed E-state index contributed by atoms with van der Waals surface area (Å²) >= 11 is 0. The minimum atomic E-state index is -3.78. The van der Waals surface area contributed by atoms with Crippen molar-refractivity contribution < 1.29 is 17.4 Å². The van der Waals surface area contributed by atoms with Gasteiger partial charge < -0.3 is 4.74 Å². The summed E-state index contributed by atoms with van der Waals surface area (Å²) in [6, 6.07) is 21.6. The van der Waals surface area contributed by atoms with Gasteiger partial charge in [-0.1, -0.05) is 36.4 Å². The first kappa shape index (κ1) is 19.6. The normalized spacial score (nSPS) is 14.8. The van der Waals surface area contributed by atoms with E-state index in [1.807, 2.05) is 48.5 Å². The predicted molar refractivity (Wildman–Crippen MR) is 114 cm³/mol. The fraction of sp³-hybridized carbons (Fsp3) is 0.0909. The van der Waals surface area contributed by atoms with Gasteiger partial charge in [0.2, 0.25) is 10.0 Å². The smallest absolute Gasteiger partial charge is 0.238 e. The molecule has 148 valence electrons. The Bertz CT molecular complexity index is 1250. The minimum Gasteiger partial charge on any atom is -0.456 e. The Kier molecular flexibility index (Phi) is 5.12.